The van der Waals surface area contributed by atoms with Crippen LogP contribution >= 0.6 is 0 Å². The molecular formula is C28H36N2O6. The van der Waals surface area contributed by atoms with Crippen LogP contribution in [0.1, 0.15) is 72.0 Å². The molecule has 2 atom stereocenters. The van der Waals surface area contributed by atoms with Gasteiger partial charge in [0.25, 0.3) is 5.91 Å². The lowest BCUT2D eigenvalue weighted by Crippen LogP contribution is -2.47. The molecule has 0 radical (unpaired) electrons. The summed E-state index contributed by atoms with van der Waals surface area (Å²) in [7, 11) is 7.96. The van der Waals surface area contributed by atoms with Crippen molar-refractivity contribution in [1.29, 1.82) is 0 Å². The van der Waals surface area contributed by atoms with E-state index >= 15 is 0 Å². The summed E-state index contributed by atoms with van der Waals surface area (Å²) in [5, 5.41) is 3.32. The average molecular weight is 497 g/mol. The van der Waals surface area contributed by atoms with E-state index in [0.717, 1.165) is 31.2 Å². The predicted octanol–water partition coefficient (Wildman–Crippen LogP) is 4.47. The third-order valence-electron chi connectivity index (χ3n) is 7.41. The maximum absolute atomic E-state index is 14.0. The molecule has 1 aliphatic carbocycles. The molecule has 1 heterocycles. The van der Waals surface area contributed by atoms with Gasteiger partial charge in [-0.05, 0) is 48.2 Å². The van der Waals surface area contributed by atoms with E-state index in [1.807, 2.05) is 12.1 Å². The van der Waals surface area contributed by atoms with Crippen LogP contribution in [0.25, 0.3) is 0 Å². The molecule has 0 unspecified atom stereocenters. The Hall–Kier alpha value is -3.42. The third-order valence-corrected chi connectivity index (χ3v) is 7.41. The molecule has 0 spiro atoms. The summed E-state index contributed by atoms with van der Waals surface area (Å²) < 4.78 is 21.9. The normalized spacial score (nSPS) is 20.2. The number of ether oxygens (including phenoxy) is 4. The minimum atomic E-state index is -0.649. The van der Waals surface area contributed by atoms with Gasteiger partial charge in [-0.1, -0.05) is 31.7 Å². The van der Waals surface area contributed by atoms with Gasteiger partial charge < -0.3 is 29.2 Å². The van der Waals surface area contributed by atoms with E-state index in [1.54, 1.807) is 51.5 Å². The number of benzene rings is 2. The monoisotopic (exact) mass is 496 g/mol. The smallest absolute Gasteiger partial charge is 0.254 e. The highest BCUT2D eigenvalue weighted by Gasteiger charge is 2.44. The largest absolute Gasteiger partial charge is 0.493 e. The lowest BCUT2D eigenvalue weighted by Gasteiger charge is -2.40. The molecular weight excluding hydrogens is 460 g/mol. The summed E-state index contributed by atoms with van der Waals surface area (Å²) in [4.78, 5) is 29.3. The molecule has 4 rings (SSSR count). The summed E-state index contributed by atoms with van der Waals surface area (Å²) in [6.07, 6.45) is 6.53. The van der Waals surface area contributed by atoms with Crippen molar-refractivity contribution in [3.8, 4) is 23.0 Å². The van der Waals surface area contributed by atoms with Crippen LogP contribution in [-0.4, -0.2) is 58.2 Å². The molecule has 8 heteroatoms. The Bertz CT molecular complexity index is 1110. The van der Waals surface area contributed by atoms with Crippen molar-refractivity contribution in [3.63, 3.8) is 0 Å². The van der Waals surface area contributed by atoms with Crippen molar-refractivity contribution in [2.75, 3.05) is 35.5 Å². The molecule has 0 saturated heterocycles. The molecule has 1 N–H and O–H groups in total. The molecule has 2 aliphatic rings. The lowest BCUT2D eigenvalue weighted by molar-refractivity contribution is -0.125. The third kappa shape index (κ3) is 4.81. The van der Waals surface area contributed by atoms with Gasteiger partial charge in [-0.15, -0.1) is 0 Å². The Morgan fingerprint density at radius 2 is 1.42 bits per heavy atom. The number of nitrogens with zero attached hydrogens (tertiary/aromatic N) is 1. The molecule has 0 bridgehead atoms. The maximum atomic E-state index is 14.0. The van der Waals surface area contributed by atoms with Gasteiger partial charge in [0.2, 0.25) is 5.91 Å². The lowest BCUT2D eigenvalue weighted by atomic mass is 9.79. The molecule has 194 valence electrons. The van der Waals surface area contributed by atoms with Gasteiger partial charge in [0.15, 0.2) is 23.0 Å². The standard InChI is InChI=1S/C28H36N2O6/c1-30-26(17-12-13-21(33-2)22(14-17)34-3)25(27(31)29-18-10-8-6-7-9-11-18)19-15-23(35-4)24(36-5)16-20(19)28(30)32/h12-16,18,25-26H,6-11H2,1-5H3,(H,29,31)/t25-,26+/m1/s1. The number of rotatable bonds is 7. The highest BCUT2D eigenvalue weighted by Crippen LogP contribution is 2.47. The molecule has 0 aromatic heterocycles. The van der Waals surface area contributed by atoms with Crippen LogP contribution in [0.2, 0.25) is 0 Å². The van der Waals surface area contributed by atoms with Crippen LogP contribution in [0, 0.1) is 0 Å². The highest BCUT2D eigenvalue weighted by molar-refractivity contribution is 6.02. The second-order valence-electron chi connectivity index (χ2n) is 9.44. The van der Waals surface area contributed by atoms with Crippen LogP contribution < -0.4 is 24.3 Å². The van der Waals surface area contributed by atoms with Gasteiger partial charge in [-0.2, -0.15) is 0 Å². The number of hydrogen-bond donors (Lipinski definition) is 1. The first kappa shape index (κ1) is 25.7. The molecule has 2 amide bonds. The number of fused-ring (bicyclic) bond motifs is 1. The van der Waals surface area contributed by atoms with E-state index in [-0.39, 0.29) is 17.9 Å². The van der Waals surface area contributed by atoms with Crippen molar-refractivity contribution in [2.24, 2.45) is 0 Å². The predicted molar refractivity (Wildman–Crippen MR) is 136 cm³/mol. The van der Waals surface area contributed by atoms with Crippen LogP contribution in [0.5, 0.6) is 23.0 Å². The zero-order valence-electron chi connectivity index (χ0n) is 21.8. The molecule has 2 aromatic rings. The van der Waals surface area contributed by atoms with E-state index in [1.165, 1.54) is 20.0 Å². The second-order valence-corrected chi connectivity index (χ2v) is 9.44. The Kier molecular flexibility index (Phi) is 7.91. The van der Waals surface area contributed by atoms with Crippen molar-refractivity contribution in [1.82, 2.24) is 10.2 Å². The summed E-state index contributed by atoms with van der Waals surface area (Å²) in [5.74, 6) is 1.11. The molecule has 1 aliphatic heterocycles. The number of methoxy groups -OCH3 is 4. The van der Waals surface area contributed by atoms with Crippen LogP contribution in [0.4, 0.5) is 0 Å². The number of amides is 2. The van der Waals surface area contributed by atoms with Crippen LogP contribution in [0.15, 0.2) is 30.3 Å². The Morgan fingerprint density at radius 3 is 2.03 bits per heavy atom. The quantitative estimate of drug-likeness (QED) is 0.569. The topological polar surface area (TPSA) is 86.3 Å². The van der Waals surface area contributed by atoms with Crippen LogP contribution in [0.3, 0.4) is 0 Å². The van der Waals surface area contributed by atoms with Gasteiger partial charge in [0.1, 0.15) is 0 Å². The number of hydrogen-bond acceptors (Lipinski definition) is 6. The molecule has 1 saturated carbocycles. The zero-order valence-corrected chi connectivity index (χ0v) is 21.8. The van der Waals surface area contributed by atoms with Gasteiger partial charge >= 0.3 is 0 Å². The second kappa shape index (κ2) is 11.1. The summed E-state index contributed by atoms with van der Waals surface area (Å²) in [5.41, 5.74) is 1.85. The molecule has 36 heavy (non-hydrogen) atoms. The number of carbonyl (C=O) groups excluding carboxylic acids is 2. The SMILES string of the molecule is COc1ccc([C@H]2[C@H](C(=O)NC3CCCCCC3)c3cc(OC)c(OC)cc3C(=O)N2C)cc1OC. The van der Waals surface area contributed by atoms with Crippen LogP contribution in [-0.2, 0) is 4.79 Å². The summed E-state index contributed by atoms with van der Waals surface area (Å²) >= 11 is 0. The van der Waals surface area contributed by atoms with Crippen molar-refractivity contribution in [2.45, 2.75) is 56.5 Å². The first-order valence-electron chi connectivity index (χ1n) is 12.5. The Balaban J connectivity index is 1.84. The van der Waals surface area contributed by atoms with Gasteiger partial charge in [0.05, 0.1) is 40.4 Å². The fourth-order valence-corrected chi connectivity index (χ4v) is 5.50. The van der Waals surface area contributed by atoms with Crippen molar-refractivity contribution >= 4 is 11.8 Å². The van der Waals surface area contributed by atoms with E-state index in [2.05, 4.69) is 5.32 Å². The van der Waals surface area contributed by atoms with E-state index in [0.29, 0.717) is 34.1 Å². The summed E-state index contributed by atoms with van der Waals surface area (Å²) in [6.45, 7) is 0. The summed E-state index contributed by atoms with van der Waals surface area (Å²) in [6, 6.07) is 8.54. The number of carbonyl (C=O) groups is 2. The highest BCUT2D eigenvalue weighted by atomic mass is 16.5. The minimum Gasteiger partial charge on any atom is -0.493 e. The van der Waals surface area contributed by atoms with Crippen molar-refractivity contribution in [3.05, 3.63) is 47.0 Å². The van der Waals surface area contributed by atoms with Crippen molar-refractivity contribution < 1.29 is 28.5 Å². The fourth-order valence-electron chi connectivity index (χ4n) is 5.50. The average Bonchev–Trinajstić information content (AvgIpc) is 3.17. The number of nitrogens with one attached hydrogen (secondary N) is 1. The Morgan fingerprint density at radius 1 is 0.833 bits per heavy atom. The Labute approximate surface area is 212 Å². The van der Waals surface area contributed by atoms with E-state index in [9.17, 15) is 9.59 Å². The number of likely N-dealkylation sites (N-methyl/N-ethyl adjacent to an activating group) is 1. The van der Waals surface area contributed by atoms with Gasteiger partial charge in [-0.3, -0.25) is 9.59 Å². The minimum absolute atomic E-state index is 0.102. The van der Waals surface area contributed by atoms with Gasteiger partial charge in [0, 0.05) is 18.7 Å². The van der Waals surface area contributed by atoms with E-state index < -0.39 is 12.0 Å². The first-order valence-corrected chi connectivity index (χ1v) is 12.5. The molecule has 8 nitrogen and oxygen atoms in total. The molecule has 2 aromatic carbocycles. The zero-order chi connectivity index (χ0) is 25.8. The molecule has 1 fully saturated rings. The van der Waals surface area contributed by atoms with E-state index in [4.69, 9.17) is 18.9 Å². The fraction of sp³-hybridized carbons (Fsp3) is 0.500. The maximum Gasteiger partial charge on any atom is 0.254 e. The first-order chi connectivity index (χ1) is 17.4. The van der Waals surface area contributed by atoms with Gasteiger partial charge in [-0.25, -0.2) is 0 Å².